The van der Waals surface area contributed by atoms with Crippen molar-refractivity contribution >= 4 is 96.1 Å². The van der Waals surface area contributed by atoms with Crippen LogP contribution in [0.2, 0.25) is 15.2 Å². The molecule has 4 aliphatic rings. The molecule has 2 saturated carbocycles. The number of aryl methyl sites for hydroxylation is 2. The van der Waals surface area contributed by atoms with Gasteiger partial charge in [-0.3, -0.25) is 0 Å². The van der Waals surface area contributed by atoms with E-state index in [2.05, 4.69) is 75.4 Å². The van der Waals surface area contributed by atoms with Crippen molar-refractivity contribution in [2.45, 2.75) is 114 Å². The molecule has 0 unspecified atom stereocenters. The van der Waals surface area contributed by atoms with E-state index in [-0.39, 0.29) is 48.1 Å². The van der Waals surface area contributed by atoms with Gasteiger partial charge in [0.1, 0.15) is 58.8 Å². The summed E-state index contributed by atoms with van der Waals surface area (Å²) in [5.74, 6) is 0.644. The Hall–Kier alpha value is -5.47. The summed E-state index contributed by atoms with van der Waals surface area (Å²) in [6, 6.07) is 20.5. The third-order valence-corrected chi connectivity index (χ3v) is 15.1. The van der Waals surface area contributed by atoms with E-state index in [0.29, 0.717) is 44.5 Å². The zero-order valence-electron chi connectivity index (χ0n) is 39.2. The lowest BCUT2D eigenvalue weighted by atomic mass is 9.95. The lowest BCUT2D eigenvalue weighted by Gasteiger charge is -2.24. The first-order valence-electron chi connectivity index (χ1n) is 23.0. The van der Waals surface area contributed by atoms with E-state index in [1.807, 2.05) is 64.4 Å². The summed E-state index contributed by atoms with van der Waals surface area (Å²) >= 11 is 18.5. The van der Waals surface area contributed by atoms with Crippen LogP contribution < -0.4 is 23.4 Å². The van der Waals surface area contributed by atoms with E-state index in [1.54, 1.807) is 0 Å². The van der Waals surface area contributed by atoms with Crippen molar-refractivity contribution in [2.75, 3.05) is 17.2 Å². The second-order valence-electron chi connectivity index (χ2n) is 19.4. The fourth-order valence-electron chi connectivity index (χ4n) is 11.1. The van der Waals surface area contributed by atoms with Gasteiger partial charge in [-0.15, -0.1) is 0 Å². The van der Waals surface area contributed by atoms with E-state index >= 15 is 0 Å². The van der Waals surface area contributed by atoms with Gasteiger partial charge in [-0.25, -0.2) is 29.9 Å². The standard InChI is InChI=1S/C25H25Cl2N5O2.C25H27ClN6O2.H3N.H2O/c2*1-25(2)33-20-15(6-4-13-3-5-14-10-17(26)23(28)31-18(14)9-13)11-19(21(20)34-25)32-8-7-16-22(27)29-12-30-24(16)32;;/h3,5,7-10,12,15,19-21H,4,6,11H2,1-2H3,(H2,28,31);3,5,7-10,12,15,19-21H,4,6,11H2,1-2H3,(H2,28,31)(H2,27,29,30);1H3;1H2/t2*15-,19+,20+,21-;;/m00../s1. The van der Waals surface area contributed by atoms with E-state index in [0.717, 1.165) is 82.4 Å². The fourth-order valence-corrected chi connectivity index (χ4v) is 11.6. The Balaban J connectivity index is 0.000000169. The lowest BCUT2D eigenvalue weighted by Crippen LogP contribution is -2.27. The monoisotopic (exact) mass is 1010 g/mol. The molecule has 8 atom stereocenters. The van der Waals surface area contributed by atoms with Gasteiger partial charge in [-0.05, 0) is 126 Å². The molecule has 2 aliphatic heterocycles. The average Bonchev–Trinajstić information content (AvgIpc) is 4.15. The van der Waals surface area contributed by atoms with E-state index in [9.17, 15) is 0 Å². The molecule has 0 bridgehead atoms. The number of hydrogen-bond donors (Lipinski definition) is 4. The molecule has 0 amide bonds. The molecule has 8 aromatic rings. The third-order valence-electron chi connectivity index (χ3n) is 14.2. The first-order valence-corrected chi connectivity index (χ1v) is 24.2. The number of nitrogens with two attached hydrogens (primary N) is 3. The van der Waals surface area contributed by atoms with E-state index in [1.165, 1.54) is 23.8 Å². The van der Waals surface area contributed by atoms with Crippen molar-refractivity contribution < 1.29 is 24.4 Å². The minimum absolute atomic E-state index is 0. The largest absolute Gasteiger partial charge is 0.412 e. The van der Waals surface area contributed by atoms with Crippen molar-refractivity contribution in [1.29, 1.82) is 0 Å². The Morgan fingerprint density at radius 1 is 0.571 bits per heavy atom. The zero-order valence-corrected chi connectivity index (χ0v) is 41.5. The van der Waals surface area contributed by atoms with Crippen LogP contribution in [0.4, 0.5) is 17.5 Å². The Bertz CT molecular complexity index is 3030. The highest BCUT2D eigenvalue weighted by Gasteiger charge is 2.55. The van der Waals surface area contributed by atoms with E-state index in [4.69, 9.17) is 71.0 Å². The minimum Gasteiger partial charge on any atom is -0.412 e. The number of nitrogens with zero attached hydrogens (tertiary/aromatic N) is 8. The molecule has 6 aromatic heterocycles. The SMILES string of the molecule is CC1(C)O[C@@H]2[C@@H](CCc3ccc4cc(Cl)c(N)nc4c3)C[C@@H](n3ccc4c(Cl)ncnc43)[C@@H]2O1.CC1(C)O[C@@H]2[C@@H](CCc3ccc4cc(Cl)c(N)nc4c3)C[C@@H](n3ccc4c(N)ncnc43)[C@@H]2O1.N.O. The summed E-state index contributed by atoms with van der Waals surface area (Å²) in [6.45, 7) is 7.93. The molecule has 17 nitrogen and oxygen atoms in total. The second-order valence-corrected chi connectivity index (χ2v) is 20.6. The van der Waals surface area contributed by atoms with Crippen molar-refractivity contribution in [2.24, 2.45) is 11.8 Å². The summed E-state index contributed by atoms with van der Waals surface area (Å²) in [6.07, 6.45) is 12.7. The Labute approximate surface area is 419 Å². The highest BCUT2D eigenvalue weighted by molar-refractivity contribution is 6.34. The number of benzene rings is 2. The van der Waals surface area contributed by atoms with Crippen LogP contribution in [-0.4, -0.2) is 80.5 Å². The Kier molecular flexibility index (Phi) is 13.4. The molecule has 12 rings (SSSR count). The predicted molar refractivity (Wildman–Crippen MR) is 274 cm³/mol. The number of hydrogen-bond acceptors (Lipinski definition) is 14. The molecule has 4 fully saturated rings. The van der Waals surface area contributed by atoms with Gasteiger partial charge < -0.3 is 56.9 Å². The van der Waals surface area contributed by atoms with Crippen LogP contribution in [0.1, 0.15) is 76.6 Å². The van der Waals surface area contributed by atoms with Gasteiger partial charge in [0.05, 0.1) is 56.1 Å². The lowest BCUT2D eigenvalue weighted by molar-refractivity contribution is -0.160. The number of ether oxygens (including phenoxy) is 4. The highest BCUT2D eigenvalue weighted by Crippen LogP contribution is 2.51. The molecule has 2 aliphatic carbocycles. The van der Waals surface area contributed by atoms with Crippen molar-refractivity contribution in [3.63, 3.8) is 0 Å². The Morgan fingerprint density at radius 3 is 1.51 bits per heavy atom. The van der Waals surface area contributed by atoms with Crippen LogP contribution in [0.5, 0.6) is 0 Å². The van der Waals surface area contributed by atoms with Crippen LogP contribution in [-0.2, 0) is 31.8 Å². The van der Waals surface area contributed by atoms with Crippen LogP contribution in [0, 0.1) is 11.8 Å². The highest BCUT2D eigenvalue weighted by atomic mass is 35.5. The van der Waals surface area contributed by atoms with Crippen LogP contribution >= 0.6 is 34.8 Å². The quantitative estimate of drug-likeness (QED) is 0.103. The van der Waals surface area contributed by atoms with Gasteiger partial charge in [-0.2, -0.15) is 0 Å². The topological polar surface area (TPSA) is 269 Å². The van der Waals surface area contributed by atoms with Crippen LogP contribution in [0.15, 0.2) is 85.7 Å². The normalized spacial score (nSPS) is 25.1. The maximum Gasteiger partial charge on any atom is 0.163 e. The first kappa shape index (κ1) is 49.5. The zero-order chi connectivity index (χ0) is 47.2. The molecule has 0 spiro atoms. The van der Waals surface area contributed by atoms with Gasteiger partial charge in [-0.1, -0.05) is 59.1 Å². The number of halogens is 3. The average molecular weight is 1010 g/mol. The second kappa shape index (κ2) is 18.9. The number of fused-ring (bicyclic) bond motifs is 6. The van der Waals surface area contributed by atoms with Crippen molar-refractivity contribution in [1.82, 2.24) is 45.2 Å². The van der Waals surface area contributed by atoms with Crippen LogP contribution in [0.25, 0.3) is 43.9 Å². The Morgan fingerprint density at radius 2 is 1.01 bits per heavy atom. The van der Waals surface area contributed by atoms with Gasteiger partial charge in [0, 0.05) is 23.2 Å². The van der Waals surface area contributed by atoms with Crippen molar-refractivity contribution in [3.05, 3.63) is 112 Å². The van der Waals surface area contributed by atoms with Crippen LogP contribution in [0.3, 0.4) is 0 Å². The van der Waals surface area contributed by atoms with Gasteiger partial charge >= 0.3 is 0 Å². The minimum atomic E-state index is -0.620. The van der Waals surface area contributed by atoms with Gasteiger partial charge in [0.15, 0.2) is 11.6 Å². The predicted octanol–water partition coefficient (Wildman–Crippen LogP) is 9.43. The maximum absolute atomic E-state index is 6.40. The molecule has 8 heterocycles. The van der Waals surface area contributed by atoms with Gasteiger partial charge in [0.25, 0.3) is 0 Å². The molecule has 368 valence electrons. The number of nitrogen functional groups attached to an aromatic ring is 3. The summed E-state index contributed by atoms with van der Waals surface area (Å²) in [5, 5.41) is 5.11. The number of pyridine rings is 2. The smallest absolute Gasteiger partial charge is 0.163 e. The molecule has 20 heteroatoms. The summed E-state index contributed by atoms with van der Waals surface area (Å²) < 4.78 is 30.0. The number of rotatable bonds is 8. The molecule has 2 aromatic carbocycles. The molecular weight excluding hydrogens is 955 g/mol. The van der Waals surface area contributed by atoms with Crippen molar-refractivity contribution in [3.8, 4) is 0 Å². The van der Waals surface area contributed by atoms with E-state index < -0.39 is 11.6 Å². The summed E-state index contributed by atoms with van der Waals surface area (Å²) in [4.78, 5) is 26.1. The summed E-state index contributed by atoms with van der Waals surface area (Å²) in [7, 11) is 0. The maximum atomic E-state index is 6.40. The molecular formula is C50H57Cl3N12O5. The molecule has 11 N–H and O–H groups in total. The molecule has 2 saturated heterocycles. The molecule has 70 heavy (non-hydrogen) atoms. The van der Waals surface area contributed by atoms with Gasteiger partial charge in [0.2, 0.25) is 0 Å². The number of aromatic nitrogens is 8. The summed E-state index contributed by atoms with van der Waals surface area (Å²) in [5.41, 5.74) is 23.7. The molecule has 0 radical (unpaired) electrons. The third kappa shape index (κ3) is 9.19. The number of anilines is 3. The fraction of sp³-hybridized carbons (Fsp3) is 0.400. The first-order chi connectivity index (χ1) is 32.6.